The van der Waals surface area contributed by atoms with Gasteiger partial charge in [-0.05, 0) is 6.92 Å². The van der Waals surface area contributed by atoms with Crippen molar-refractivity contribution in [3.05, 3.63) is 0 Å². The van der Waals surface area contributed by atoms with Crippen molar-refractivity contribution in [2.24, 2.45) is 0 Å². The Labute approximate surface area is 176 Å². The number of hydrogen-bond donors (Lipinski definition) is 9. The van der Waals surface area contributed by atoms with Crippen LogP contribution in [0.4, 0.5) is 0 Å². The molecule has 0 spiro atoms. The van der Waals surface area contributed by atoms with Crippen LogP contribution in [0.2, 0.25) is 0 Å². The van der Waals surface area contributed by atoms with Gasteiger partial charge in [0.15, 0.2) is 18.9 Å². The normalized spacial score (nSPS) is 54.0. The fourth-order valence-corrected chi connectivity index (χ4v) is 3.61. The van der Waals surface area contributed by atoms with Crippen molar-refractivity contribution in [3.8, 4) is 0 Å². The van der Waals surface area contributed by atoms with Gasteiger partial charge in [0.25, 0.3) is 0 Å². The maximum atomic E-state index is 10.6. The summed E-state index contributed by atoms with van der Waals surface area (Å²) in [6.45, 7) is 0.619. The lowest BCUT2D eigenvalue weighted by molar-refractivity contribution is -0.357. The first-order chi connectivity index (χ1) is 14.5. The van der Waals surface area contributed by atoms with Gasteiger partial charge in [-0.2, -0.15) is 0 Å². The minimum absolute atomic E-state index is 0.312. The van der Waals surface area contributed by atoms with Crippen molar-refractivity contribution in [1.82, 2.24) is 0 Å². The van der Waals surface area contributed by atoms with Crippen LogP contribution in [0.1, 0.15) is 6.92 Å². The van der Waals surface area contributed by atoms with Crippen LogP contribution >= 0.6 is 0 Å². The Morgan fingerprint density at radius 1 is 0.710 bits per heavy atom. The highest BCUT2D eigenvalue weighted by Crippen LogP contribution is 2.29. The highest BCUT2D eigenvalue weighted by atomic mass is 16.7. The molecule has 3 rings (SSSR count). The molecule has 3 aliphatic heterocycles. The molecule has 0 aromatic heterocycles. The van der Waals surface area contributed by atoms with Gasteiger partial charge in [-0.15, -0.1) is 0 Å². The molecular weight excluding hydrogens is 428 g/mol. The monoisotopic (exact) mass is 458 g/mol. The zero-order valence-corrected chi connectivity index (χ0v) is 16.6. The molecule has 3 aliphatic rings. The zero-order valence-electron chi connectivity index (χ0n) is 16.6. The average molecular weight is 458 g/mol. The summed E-state index contributed by atoms with van der Waals surface area (Å²) < 4.78 is 26.2. The van der Waals surface area contributed by atoms with Crippen molar-refractivity contribution in [2.45, 2.75) is 92.9 Å². The Morgan fingerprint density at radius 2 is 1.35 bits per heavy atom. The van der Waals surface area contributed by atoms with Gasteiger partial charge in [-0.25, -0.2) is 0 Å². The molecular formula is C17H30O14. The second kappa shape index (κ2) is 10.1. The minimum atomic E-state index is -1.83. The standard InChI is InChI=1S/C17H30O14/c1-4-7(19)10(22)12(24)17(29-4)31-14-9(21)6(30-15(26)13(14)25)3-28-16-11(23)8(20)5(18)2-27-16/h4-26H,2-3H2,1H3/t4-,5-,6+,7-,8-,9+,10+,11+,12+,13+,14-,15-,16?,17-/m0/s1. The fraction of sp³-hybridized carbons (Fsp3) is 1.00. The topological polar surface area (TPSA) is 228 Å². The third kappa shape index (κ3) is 5.18. The van der Waals surface area contributed by atoms with Crippen LogP contribution in [-0.4, -0.2) is 145 Å². The van der Waals surface area contributed by atoms with Gasteiger partial charge in [0.1, 0.15) is 61.0 Å². The Balaban J connectivity index is 1.62. The Morgan fingerprint density at radius 3 is 2.03 bits per heavy atom. The zero-order chi connectivity index (χ0) is 23.0. The molecule has 0 aromatic carbocycles. The second-order valence-corrected chi connectivity index (χ2v) is 7.91. The van der Waals surface area contributed by atoms with Crippen molar-refractivity contribution in [3.63, 3.8) is 0 Å². The maximum Gasteiger partial charge on any atom is 0.187 e. The summed E-state index contributed by atoms with van der Waals surface area (Å²) >= 11 is 0. The SMILES string of the molecule is C[C@@H]1O[C@@H](O[C@@H]2[C@@H](O)[C@@H](O)O[C@H](COC3OC[C@H](O)[C@H](O)[C@H]3O)[C@H]2O)[C@H](O)[C@H](O)[C@H]1O. The predicted octanol–water partition coefficient (Wildman–Crippen LogP) is -5.91. The molecule has 3 saturated heterocycles. The van der Waals surface area contributed by atoms with Gasteiger partial charge < -0.3 is 69.6 Å². The third-order valence-corrected chi connectivity index (χ3v) is 5.64. The quantitative estimate of drug-likeness (QED) is 0.187. The van der Waals surface area contributed by atoms with Gasteiger partial charge in [0.2, 0.25) is 0 Å². The third-order valence-electron chi connectivity index (χ3n) is 5.64. The van der Waals surface area contributed by atoms with Gasteiger partial charge >= 0.3 is 0 Å². The lowest BCUT2D eigenvalue weighted by Gasteiger charge is -2.45. The van der Waals surface area contributed by atoms with E-state index >= 15 is 0 Å². The number of rotatable bonds is 5. The maximum absolute atomic E-state index is 10.6. The first-order valence-electron chi connectivity index (χ1n) is 9.85. The second-order valence-electron chi connectivity index (χ2n) is 7.91. The van der Waals surface area contributed by atoms with Crippen molar-refractivity contribution < 1.29 is 69.6 Å². The van der Waals surface area contributed by atoms with Crippen LogP contribution in [0.15, 0.2) is 0 Å². The number of hydrogen-bond acceptors (Lipinski definition) is 14. The molecule has 3 heterocycles. The smallest absolute Gasteiger partial charge is 0.187 e. The van der Waals surface area contributed by atoms with Crippen LogP contribution in [0.5, 0.6) is 0 Å². The van der Waals surface area contributed by atoms with Crippen LogP contribution in [0.25, 0.3) is 0 Å². The highest BCUT2D eigenvalue weighted by Gasteiger charge is 2.50. The van der Waals surface area contributed by atoms with E-state index in [4.69, 9.17) is 23.7 Å². The fourth-order valence-electron chi connectivity index (χ4n) is 3.61. The predicted molar refractivity (Wildman–Crippen MR) is 93.8 cm³/mol. The number of aliphatic hydroxyl groups is 9. The summed E-state index contributed by atoms with van der Waals surface area (Å²) in [5, 5.41) is 89.5. The number of aliphatic hydroxyl groups excluding tert-OH is 9. The van der Waals surface area contributed by atoms with Crippen molar-refractivity contribution in [1.29, 1.82) is 0 Å². The molecule has 0 aromatic rings. The van der Waals surface area contributed by atoms with Crippen LogP contribution < -0.4 is 0 Å². The molecule has 0 radical (unpaired) electrons. The molecule has 14 atom stereocenters. The molecule has 3 fully saturated rings. The van der Waals surface area contributed by atoms with Crippen molar-refractivity contribution >= 4 is 0 Å². The summed E-state index contributed by atoms with van der Waals surface area (Å²) in [5.41, 5.74) is 0. The highest BCUT2D eigenvalue weighted by molar-refractivity contribution is 4.93. The summed E-state index contributed by atoms with van der Waals surface area (Å²) in [6, 6.07) is 0. The van der Waals surface area contributed by atoms with Crippen molar-refractivity contribution in [2.75, 3.05) is 13.2 Å². The first kappa shape index (κ1) is 25.1. The van der Waals surface area contributed by atoms with Crippen LogP contribution in [0, 0.1) is 0 Å². The Hall–Kier alpha value is -0.560. The molecule has 1 unspecified atom stereocenters. The van der Waals surface area contributed by atoms with E-state index in [1.165, 1.54) is 6.92 Å². The molecule has 0 amide bonds. The lowest BCUT2D eigenvalue weighted by Crippen LogP contribution is -2.64. The summed E-state index contributed by atoms with van der Waals surface area (Å²) in [6.07, 6.45) is -21.1. The molecule has 9 N–H and O–H groups in total. The van der Waals surface area contributed by atoms with E-state index in [0.717, 1.165) is 0 Å². The lowest BCUT2D eigenvalue weighted by atomic mass is 9.97. The van der Waals surface area contributed by atoms with E-state index in [1.54, 1.807) is 0 Å². The Bertz CT molecular complexity index is 581. The largest absolute Gasteiger partial charge is 0.388 e. The van der Waals surface area contributed by atoms with E-state index in [1.807, 2.05) is 0 Å². The van der Waals surface area contributed by atoms with E-state index in [-0.39, 0.29) is 6.61 Å². The first-order valence-corrected chi connectivity index (χ1v) is 9.85. The van der Waals surface area contributed by atoms with E-state index < -0.39 is 92.6 Å². The average Bonchev–Trinajstić information content (AvgIpc) is 2.74. The number of ether oxygens (including phenoxy) is 5. The van der Waals surface area contributed by atoms with Gasteiger partial charge in [0.05, 0.1) is 19.3 Å². The Kier molecular flexibility index (Phi) is 8.21. The van der Waals surface area contributed by atoms with Gasteiger partial charge in [0, 0.05) is 0 Å². The molecule has 14 nitrogen and oxygen atoms in total. The van der Waals surface area contributed by atoms with E-state index in [9.17, 15) is 46.0 Å². The van der Waals surface area contributed by atoms with Crippen LogP contribution in [-0.2, 0) is 23.7 Å². The van der Waals surface area contributed by atoms with E-state index in [2.05, 4.69) is 0 Å². The molecule has 31 heavy (non-hydrogen) atoms. The molecule has 0 saturated carbocycles. The molecule has 182 valence electrons. The summed E-state index contributed by atoms with van der Waals surface area (Å²) in [7, 11) is 0. The molecule has 0 bridgehead atoms. The molecule has 14 heteroatoms. The van der Waals surface area contributed by atoms with Crippen LogP contribution in [0.3, 0.4) is 0 Å². The van der Waals surface area contributed by atoms with Gasteiger partial charge in [-0.1, -0.05) is 0 Å². The molecule has 0 aliphatic carbocycles. The van der Waals surface area contributed by atoms with Gasteiger partial charge in [-0.3, -0.25) is 0 Å². The van der Waals surface area contributed by atoms with E-state index in [0.29, 0.717) is 0 Å². The minimum Gasteiger partial charge on any atom is -0.388 e. The summed E-state index contributed by atoms with van der Waals surface area (Å²) in [5.74, 6) is 0. The summed E-state index contributed by atoms with van der Waals surface area (Å²) in [4.78, 5) is 0.